The zero-order chi connectivity index (χ0) is 21.0. The van der Waals surface area contributed by atoms with Gasteiger partial charge in [0.2, 0.25) is 0 Å². The van der Waals surface area contributed by atoms with E-state index in [0.29, 0.717) is 5.69 Å². The smallest absolute Gasteiger partial charge is 0.161 e. The topological polar surface area (TPSA) is 171 Å². The fourth-order valence-corrected chi connectivity index (χ4v) is 3.10. The summed E-state index contributed by atoms with van der Waals surface area (Å²) in [5, 5.41) is 67.0. The minimum Gasteiger partial charge on any atom is -0.394 e. The van der Waals surface area contributed by atoms with Gasteiger partial charge in [0.25, 0.3) is 0 Å². The van der Waals surface area contributed by atoms with Crippen LogP contribution in [-0.2, 0) is 9.47 Å². The van der Waals surface area contributed by atoms with Crippen molar-refractivity contribution in [1.82, 2.24) is 15.0 Å². The lowest BCUT2D eigenvalue weighted by atomic mass is 10.0. The average molecular weight is 411 g/mol. The maximum absolute atomic E-state index is 10.7. The second-order valence-corrected chi connectivity index (χ2v) is 6.80. The van der Waals surface area contributed by atoms with Crippen LogP contribution in [0.15, 0.2) is 36.5 Å². The second-order valence-electron chi connectivity index (χ2n) is 6.80. The summed E-state index contributed by atoms with van der Waals surface area (Å²) in [6.45, 7) is -1.27. The van der Waals surface area contributed by atoms with E-state index in [1.54, 1.807) is 12.1 Å². The number of aliphatic hydroxyl groups is 6. The van der Waals surface area contributed by atoms with Gasteiger partial charge in [-0.25, -0.2) is 4.68 Å². The van der Waals surface area contributed by atoms with Gasteiger partial charge in [-0.05, 0) is 12.1 Å². The molecule has 0 bridgehead atoms. The Morgan fingerprint density at radius 2 is 1.90 bits per heavy atom. The lowest BCUT2D eigenvalue weighted by molar-refractivity contribution is -0.288. The van der Waals surface area contributed by atoms with E-state index in [4.69, 9.17) is 9.47 Å². The Labute approximate surface area is 166 Å². The number of aromatic nitrogens is 3. The van der Waals surface area contributed by atoms with E-state index in [2.05, 4.69) is 10.3 Å². The molecule has 1 aliphatic heterocycles. The molecule has 0 aliphatic carbocycles. The van der Waals surface area contributed by atoms with Gasteiger partial charge in [-0.3, -0.25) is 0 Å². The van der Waals surface area contributed by atoms with Crippen LogP contribution in [0.4, 0.5) is 0 Å². The van der Waals surface area contributed by atoms with E-state index in [1.807, 2.05) is 18.2 Å². The summed E-state index contributed by atoms with van der Waals surface area (Å²) >= 11 is 0. The summed E-state index contributed by atoms with van der Waals surface area (Å²) in [4.78, 5) is 0. The largest absolute Gasteiger partial charge is 0.394 e. The number of nitrogens with zero attached hydrogens (tertiary/aromatic N) is 3. The molecule has 1 aromatic heterocycles. The number of rotatable bonds is 8. The first-order chi connectivity index (χ1) is 13.9. The standard InChI is InChI=1S/C18H25N3O8/c22-8-13(25)18(29-15-6-12(24)17(27)14(9-23)28-15)16(26)11-7-21(20-19-11)10-4-2-1-3-5-10/h1-5,7,12-18,22-27H,6,8-9H2. The van der Waals surface area contributed by atoms with Crippen LogP contribution in [0.25, 0.3) is 5.69 Å². The van der Waals surface area contributed by atoms with Gasteiger partial charge in [-0.15, -0.1) is 5.10 Å². The molecule has 11 nitrogen and oxygen atoms in total. The maximum atomic E-state index is 10.7. The highest BCUT2D eigenvalue weighted by Gasteiger charge is 2.40. The quantitative estimate of drug-likeness (QED) is 0.282. The van der Waals surface area contributed by atoms with Crippen molar-refractivity contribution in [3.63, 3.8) is 0 Å². The molecule has 29 heavy (non-hydrogen) atoms. The van der Waals surface area contributed by atoms with E-state index < -0.39 is 56.1 Å². The van der Waals surface area contributed by atoms with Crippen LogP contribution >= 0.6 is 0 Å². The lowest BCUT2D eigenvalue weighted by Gasteiger charge is -2.38. The van der Waals surface area contributed by atoms with Crippen molar-refractivity contribution in [3.05, 3.63) is 42.2 Å². The normalized spacial score (nSPS) is 28.1. The molecular formula is C18H25N3O8. The van der Waals surface area contributed by atoms with Gasteiger partial charge in [-0.2, -0.15) is 0 Å². The summed E-state index contributed by atoms with van der Waals surface area (Å²) in [7, 11) is 0. The van der Waals surface area contributed by atoms with Gasteiger partial charge in [0.15, 0.2) is 6.29 Å². The zero-order valence-corrected chi connectivity index (χ0v) is 15.5. The highest BCUT2D eigenvalue weighted by atomic mass is 16.7. The minimum absolute atomic E-state index is 0.0847. The first-order valence-electron chi connectivity index (χ1n) is 9.17. The molecule has 0 amide bonds. The Kier molecular flexibility index (Phi) is 7.27. The van der Waals surface area contributed by atoms with Crippen LogP contribution in [0.5, 0.6) is 0 Å². The molecule has 0 saturated carbocycles. The molecule has 1 fully saturated rings. The summed E-state index contributed by atoms with van der Waals surface area (Å²) < 4.78 is 12.4. The van der Waals surface area contributed by atoms with Gasteiger partial charge < -0.3 is 40.1 Å². The second kappa shape index (κ2) is 9.69. The molecule has 7 atom stereocenters. The van der Waals surface area contributed by atoms with E-state index in [-0.39, 0.29) is 12.1 Å². The number of hydrogen-bond acceptors (Lipinski definition) is 10. The first-order valence-corrected chi connectivity index (χ1v) is 9.17. The lowest BCUT2D eigenvalue weighted by Crippen LogP contribution is -2.52. The summed E-state index contributed by atoms with van der Waals surface area (Å²) in [6, 6.07) is 9.04. The molecule has 3 rings (SSSR count). The third-order valence-corrected chi connectivity index (χ3v) is 4.74. The number of aliphatic hydroxyl groups excluding tert-OH is 6. The SMILES string of the molecule is OCC(O)C(OC1CC(O)C(O)C(CO)O1)C(O)c1cn(-c2ccccc2)nn1. The number of para-hydroxylation sites is 1. The van der Waals surface area contributed by atoms with E-state index in [9.17, 15) is 30.6 Å². The summed E-state index contributed by atoms with van der Waals surface area (Å²) in [5.74, 6) is 0. The number of ether oxygens (including phenoxy) is 2. The number of hydrogen-bond donors (Lipinski definition) is 6. The Bertz CT molecular complexity index is 761. The number of benzene rings is 1. The molecule has 1 aliphatic rings. The summed E-state index contributed by atoms with van der Waals surface area (Å²) in [6.07, 6.45) is -7.80. The molecule has 2 aromatic rings. The Morgan fingerprint density at radius 1 is 1.17 bits per heavy atom. The minimum atomic E-state index is -1.49. The van der Waals surface area contributed by atoms with Gasteiger partial charge in [0, 0.05) is 6.42 Å². The van der Waals surface area contributed by atoms with Gasteiger partial charge in [-0.1, -0.05) is 23.4 Å². The van der Waals surface area contributed by atoms with Crippen molar-refractivity contribution in [1.29, 1.82) is 0 Å². The predicted molar refractivity (Wildman–Crippen MR) is 96.7 cm³/mol. The van der Waals surface area contributed by atoms with E-state index >= 15 is 0 Å². The van der Waals surface area contributed by atoms with Crippen LogP contribution in [0.2, 0.25) is 0 Å². The van der Waals surface area contributed by atoms with E-state index in [0.717, 1.165) is 0 Å². The van der Waals surface area contributed by atoms with Gasteiger partial charge in [0.05, 0.1) is 31.2 Å². The molecule has 7 unspecified atom stereocenters. The first kappa shape index (κ1) is 21.7. The zero-order valence-electron chi connectivity index (χ0n) is 15.5. The summed E-state index contributed by atoms with van der Waals surface area (Å²) in [5.41, 5.74) is 0.790. The molecular weight excluding hydrogens is 386 g/mol. The molecule has 1 aromatic carbocycles. The third-order valence-electron chi connectivity index (χ3n) is 4.74. The Morgan fingerprint density at radius 3 is 2.55 bits per heavy atom. The van der Waals surface area contributed by atoms with E-state index in [1.165, 1.54) is 10.9 Å². The highest BCUT2D eigenvalue weighted by molar-refractivity contribution is 5.30. The predicted octanol–water partition coefficient (Wildman–Crippen LogP) is -2.13. The van der Waals surface area contributed by atoms with Gasteiger partial charge in [0.1, 0.15) is 36.2 Å². The monoisotopic (exact) mass is 411 g/mol. The van der Waals surface area contributed by atoms with Crippen LogP contribution in [0.1, 0.15) is 18.2 Å². The van der Waals surface area contributed by atoms with Crippen molar-refractivity contribution in [2.24, 2.45) is 0 Å². The maximum Gasteiger partial charge on any atom is 0.161 e. The molecule has 160 valence electrons. The fourth-order valence-electron chi connectivity index (χ4n) is 3.10. The van der Waals surface area contributed by atoms with Crippen molar-refractivity contribution >= 4 is 0 Å². The molecule has 11 heteroatoms. The van der Waals surface area contributed by atoms with Crippen molar-refractivity contribution < 1.29 is 40.1 Å². The van der Waals surface area contributed by atoms with Crippen molar-refractivity contribution in [2.45, 2.75) is 49.3 Å². The molecule has 1 saturated heterocycles. The average Bonchev–Trinajstić information content (AvgIpc) is 3.24. The third kappa shape index (κ3) is 4.97. The van der Waals surface area contributed by atoms with Gasteiger partial charge >= 0.3 is 0 Å². The van der Waals surface area contributed by atoms with Crippen LogP contribution in [-0.4, -0.2) is 95.7 Å². The Balaban J connectivity index is 1.76. The molecule has 2 heterocycles. The van der Waals surface area contributed by atoms with Crippen LogP contribution < -0.4 is 0 Å². The molecule has 0 radical (unpaired) electrons. The highest BCUT2D eigenvalue weighted by Crippen LogP contribution is 2.27. The fraction of sp³-hybridized carbons (Fsp3) is 0.556. The molecule has 0 spiro atoms. The van der Waals surface area contributed by atoms with Crippen LogP contribution in [0, 0.1) is 0 Å². The van der Waals surface area contributed by atoms with Crippen LogP contribution in [0.3, 0.4) is 0 Å². The Hall–Kier alpha value is -1.96. The van der Waals surface area contributed by atoms with Crippen molar-refractivity contribution in [2.75, 3.05) is 13.2 Å². The molecule has 6 N–H and O–H groups in total. The van der Waals surface area contributed by atoms with Crippen molar-refractivity contribution in [3.8, 4) is 5.69 Å².